The van der Waals surface area contributed by atoms with Crippen LogP contribution in [0.3, 0.4) is 0 Å². The van der Waals surface area contributed by atoms with Crippen molar-refractivity contribution in [3.05, 3.63) is 162 Å². The summed E-state index contributed by atoms with van der Waals surface area (Å²) in [4.78, 5) is 4.75. The number of hydrogen-bond donors (Lipinski definition) is 1. The summed E-state index contributed by atoms with van der Waals surface area (Å²) in [5.74, 6) is 0.0711. The van der Waals surface area contributed by atoms with E-state index in [4.69, 9.17) is 0 Å². The fourth-order valence-electron chi connectivity index (χ4n) is 8.14. The highest BCUT2D eigenvalue weighted by Gasteiger charge is 2.32. The predicted octanol–water partition coefficient (Wildman–Crippen LogP) is 12.7. The molecule has 6 aromatic rings. The molecule has 1 saturated carbocycles. The van der Waals surface area contributed by atoms with E-state index in [1.54, 1.807) is 0 Å². The van der Waals surface area contributed by atoms with Crippen molar-refractivity contribution in [1.29, 1.82) is 0 Å². The van der Waals surface area contributed by atoms with Gasteiger partial charge in [0.15, 0.2) is 0 Å². The first-order valence-electron chi connectivity index (χ1n) is 18.6. The lowest BCUT2D eigenvalue weighted by Crippen LogP contribution is -2.38. The van der Waals surface area contributed by atoms with Crippen LogP contribution in [0.4, 0.5) is 28.4 Å². The first-order chi connectivity index (χ1) is 24.5. The molecule has 1 atom stereocenters. The number of benzene rings is 6. The molecule has 1 unspecified atom stereocenters. The van der Waals surface area contributed by atoms with Crippen LogP contribution in [0.5, 0.6) is 0 Å². The van der Waals surface area contributed by atoms with Crippen LogP contribution in [-0.4, -0.2) is 19.1 Å². The van der Waals surface area contributed by atoms with Gasteiger partial charge in [-0.3, -0.25) is 0 Å². The molecule has 0 heterocycles. The molecule has 7 rings (SSSR count). The van der Waals surface area contributed by atoms with E-state index in [0.717, 1.165) is 13.1 Å². The van der Waals surface area contributed by atoms with Crippen molar-refractivity contribution in [2.45, 2.75) is 65.3 Å². The molecule has 0 bridgehead atoms. The molecule has 1 aliphatic rings. The molecule has 6 aromatic carbocycles. The zero-order valence-electron chi connectivity index (χ0n) is 30.1. The summed E-state index contributed by atoms with van der Waals surface area (Å²) in [7, 11) is 0. The predicted molar refractivity (Wildman–Crippen MR) is 216 cm³/mol. The Kier molecular flexibility index (Phi) is 9.94. The SMILES string of the molecule is CCN(c1ccccc1)c1ccc(C(c2ccc(N(CC)c3ccccc3)cc2)c2ccc(NC3CCCCC3(C)C)c3ccccc23)cc1. The van der Waals surface area contributed by atoms with E-state index in [-0.39, 0.29) is 11.3 Å². The van der Waals surface area contributed by atoms with Gasteiger partial charge in [0.25, 0.3) is 0 Å². The minimum atomic E-state index is 0.0711. The molecule has 0 radical (unpaired) electrons. The quantitative estimate of drug-likeness (QED) is 0.140. The van der Waals surface area contributed by atoms with Gasteiger partial charge >= 0.3 is 0 Å². The number of fused-ring (bicyclic) bond motifs is 1. The van der Waals surface area contributed by atoms with Crippen LogP contribution in [0.15, 0.2) is 146 Å². The standard InChI is InChI=1S/C47H51N3/c1-5-49(37-17-9-7-10-18-37)39-28-24-35(25-29-39)46(36-26-30-40(31-27-36)50(6-2)38-19-11-8-12-20-38)43-32-33-44(42-22-14-13-21-41(42)43)48-45-23-15-16-34-47(45,3)4/h7-14,17-22,24-33,45-46,48H,5-6,15-16,23,34H2,1-4H3. The highest BCUT2D eigenvalue weighted by molar-refractivity contribution is 5.97. The molecule has 1 fully saturated rings. The van der Waals surface area contributed by atoms with Gasteiger partial charge in [-0.15, -0.1) is 0 Å². The average molecular weight is 658 g/mol. The molecule has 0 amide bonds. The van der Waals surface area contributed by atoms with Gasteiger partial charge in [0.1, 0.15) is 0 Å². The maximum absolute atomic E-state index is 4.03. The van der Waals surface area contributed by atoms with Gasteiger partial charge in [-0.2, -0.15) is 0 Å². The Morgan fingerprint density at radius 3 is 1.54 bits per heavy atom. The number of nitrogens with zero attached hydrogens (tertiary/aromatic N) is 2. The van der Waals surface area contributed by atoms with E-state index in [1.165, 1.54) is 81.6 Å². The molecular formula is C47H51N3. The highest BCUT2D eigenvalue weighted by Crippen LogP contribution is 2.42. The van der Waals surface area contributed by atoms with Gasteiger partial charge in [0.05, 0.1) is 0 Å². The Hall–Kier alpha value is -5.02. The molecule has 0 aromatic heterocycles. The Labute approximate surface area is 299 Å². The fraction of sp³-hybridized carbons (Fsp3) is 0.277. The van der Waals surface area contributed by atoms with E-state index >= 15 is 0 Å². The molecule has 0 spiro atoms. The second-order valence-corrected chi connectivity index (χ2v) is 14.5. The van der Waals surface area contributed by atoms with Crippen molar-refractivity contribution >= 4 is 39.2 Å². The van der Waals surface area contributed by atoms with Crippen LogP contribution in [0, 0.1) is 5.41 Å². The largest absolute Gasteiger partial charge is 0.381 e. The van der Waals surface area contributed by atoms with Crippen LogP contribution in [0.25, 0.3) is 10.8 Å². The van der Waals surface area contributed by atoms with E-state index in [1.807, 2.05) is 0 Å². The van der Waals surface area contributed by atoms with Gasteiger partial charge in [-0.1, -0.05) is 118 Å². The zero-order chi connectivity index (χ0) is 34.5. The monoisotopic (exact) mass is 657 g/mol. The van der Waals surface area contributed by atoms with E-state index in [9.17, 15) is 0 Å². The fourth-order valence-corrected chi connectivity index (χ4v) is 8.14. The Morgan fingerprint density at radius 2 is 1.04 bits per heavy atom. The lowest BCUT2D eigenvalue weighted by Gasteiger charge is -2.40. The van der Waals surface area contributed by atoms with Crippen molar-refractivity contribution in [3.63, 3.8) is 0 Å². The molecule has 254 valence electrons. The Bertz CT molecular complexity index is 1890. The van der Waals surface area contributed by atoms with Crippen LogP contribution >= 0.6 is 0 Å². The Morgan fingerprint density at radius 1 is 0.560 bits per heavy atom. The van der Waals surface area contributed by atoms with Gasteiger partial charge in [-0.05, 0) is 109 Å². The van der Waals surface area contributed by atoms with Crippen molar-refractivity contribution in [3.8, 4) is 0 Å². The van der Waals surface area contributed by atoms with Gasteiger partial charge in [0.2, 0.25) is 0 Å². The van der Waals surface area contributed by atoms with E-state index in [2.05, 4.69) is 188 Å². The number of hydrogen-bond acceptors (Lipinski definition) is 3. The first kappa shape index (κ1) is 33.5. The van der Waals surface area contributed by atoms with Crippen molar-refractivity contribution in [2.75, 3.05) is 28.2 Å². The third kappa shape index (κ3) is 6.87. The Balaban J connectivity index is 1.31. The van der Waals surface area contributed by atoms with Crippen molar-refractivity contribution < 1.29 is 0 Å². The minimum absolute atomic E-state index is 0.0711. The van der Waals surface area contributed by atoms with E-state index in [0.29, 0.717) is 6.04 Å². The summed E-state index contributed by atoms with van der Waals surface area (Å²) in [5, 5.41) is 6.64. The summed E-state index contributed by atoms with van der Waals surface area (Å²) in [5.41, 5.74) is 10.3. The highest BCUT2D eigenvalue weighted by atomic mass is 15.1. The summed E-state index contributed by atoms with van der Waals surface area (Å²) in [6.07, 6.45) is 5.12. The third-order valence-electron chi connectivity index (χ3n) is 11.0. The first-order valence-corrected chi connectivity index (χ1v) is 18.6. The van der Waals surface area contributed by atoms with Crippen LogP contribution < -0.4 is 15.1 Å². The van der Waals surface area contributed by atoms with Gasteiger partial charge in [0, 0.05) is 58.9 Å². The second kappa shape index (κ2) is 14.8. The third-order valence-corrected chi connectivity index (χ3v) is 11.0. The maximum Gasteiger partial charge on any atom is 0.0422 e. The summed E-state index contributed by atoms with van der Waals surface area (Å²) in [6.45, 7) is 11.1. The van der Waals surface area contributed by atoms with Gasteiger partial charge < -0.3 is 15.1 Å². The average Bonchev–Trinajstić information content (AvgIpc) is 3.16. The molecule has 3 nitrogen and oxygen atoms in total. The summed E-state index contributed by atoms with van der Waals surface area (Å²) in [6, 6.07) is 54.1. The zero-order valence-corrected chi connectivity index (χ0v) is 30.1. The second-order valence-electron chi connectivity index (χ2n) is 14.5. The maximum atomic E-state index is 4.03. The lowest BCUT2D eigenvalue weighted by molar-refractivity contribution is 0.217. The number of anilines is 5. The summed E-state index contributed by atoms with van der Waals surface area (Å²) >= 11 is 0. The molecule has 0 saturated heterocycles. The van der Waals surface area contributed by atoms with Crippen molar-refractivity contribution in [1.82, 2.24) is 0 Å². The topological polar surface area (TPSA) is 18.5 Å². The summed E-state index contributed by atoms with van der Waals surface area (Å²) < 4.78 is 0. The number of para-hydroxylation sites is 2. The lowest BCUT2D eigenvalue weighted by atomic mass is 9.73. The number of rotatable bonds is 11. The molecule has 3 heteroatoms. The van der Waals surface area contributed by atoms with Crippen LogP contribution in [-0.2, 0) is 0 Å². The molecule has 50 heavy (non-hydrogen) atoms. The molecular weight excluding hydrogens is 607 g/mol. The smallest absolute Gasteiger partial charge is 0.0422 e. The van der Waals surface area contributed by atoms with Crippen LogP contribution in [0.2, 0.25) is 0 Å². The molecule has 1 N–H and O–H groups in total. The van der Waals surface area contributed by atoms with Crippen LogP contribution in [0.1, 0.15) is 76.0 Å². The van der Waals surface area contributed by atoms with E-state index < -0.39 is 0 Å². The molecule has 1 aliphatic carbocycles. The van der Waals surface area contributed by atoms with Gasteiger partial charge in [-0.25, -0.2) is 0 Å². The minimum Gasteiger partial charge on any atom is -0.381 e. The van der Waals surface area contributed by atoms with Crippen molar-refractivity contribution in [2.24, 2.45) is 5.41 Å². The normalized spacial score (nSPS) is 15.6. The molecule has 0 aliphatic heterocycles. The number of nitrogens with one attached hydrogen (secondary N) is 1.